The number of hydrogen-bond donors (Lipinski definition) is 1. The molecule has 2 aromatic rings. The molecule has 0 aliphatic heterocycles. The molecule has 0 aromatic carbocycles. The van der Waals surface area contributed by atoms with Crippen LogP contribution in [0.2, 0.25) is 0 Å². The zero-order chi connectivity index (χ0) is 11.4. The van der Waals surface area contributed by atoms with E-state index in [4.69, 9.17) is 0 Å². The molecule has 4 nitrogen and oxygen atoms in total. The van der Waals surface area contributed by atoms with Gasteiger partial charge < -0.3 is 5.32 Å². The van der Waals surface area contributed by atoms with Gasteiger partial charge in [-0.05, 0) is 13.0 Å². The van der Waals surface area contributed by atoms with Gasteiger partial charge in [0.05, 0.1) is 17.7 Å². The summed E-state index contributed by atoms with van der Waals surface area (Å²) >= 11 is 1.67. The van der Waals surface area contributed by atoms with Crippen LogP contribution in [0.25, 0.3) is 0 Å². The fourth-order valence-electron chi connectivity index (χ4n) is 1.63. The maximum Gasteiger partial charge on any atom is 0.0794 e. The molecule has 2 aromatic heterocycles. The fraction of sp³-hybridized carbons (Fsp3) is 0.455. The second-order valence-corrected chi connectivity index (χ2v) is 4.66. The molecule has 2 rings (SSSR count). The first-order valence-corrected chi connectivity index (χ1v) is 6.29. The highest BCUT2D eigenvalue weighted by atomic mass is 32.1. The van der Waals surface area contributed by atoms with Crippen LogP contribution in [0, 0.1) is 0 Å². The summed E-state index contributed by atoms with van der Waals surface area (Å²) in [7, 11) is 1.94. The largest absolute Gasteiger partial charge is 0.305 e. The van der Waals surface area contributed by atoms with E-state index in [0.717, 1.165) is 13.0 Å². The van der Waals surface area contributed by atoms with Gasteiger partial charge in [-0.25, -0.2) is 0 Å². The molecule has 0 fully saturated rings. The molecular formula is C11H16N4S. The van der Waals surface area contributed by atoms with Gasteiger partial charge in [0, 0.05) is 29.9 Å². The molecule has 2 heterocycles. The lowest BCUT2D eigenvalue weighted by Crippen LogP contribution is -2.22. The Bertz CT molecular complexity index is 421. The standard InChI is InChI=1S/C11H16N4S/c1-3-4-13-11(10-6-12-8-16-10)9-5-14-15(2)7-9/h5-8,11,13H,3-4H2,1-2H3. The quantitative estimate of drug-likeness (QED) is 0.863. The molecule has 16 heavy (non-hydrogen) atoms. The van der Waals surface area contributed by atoms with Gasteiger partial charge in [-0.1, -0.05) is 6.92 Å². The van der Waals surface area contributed by atoms with Crippen molar-refractivity contribution in [2.45, 2.75) is 19.4 Å². The Hall–Kier alpha value is -1.20. The lowest BCUT2D eigenvalue weighted by Gasteiger charge is -2.14. The molecule has 1 unspecified atom stereocenters. The first kappa shape index (κ1) is 11.3. The number of rotatable bonds is 5. The van der Waals surface area contributed by atoms with Crippen molar-refractivity contribution in [2.75, 3.05) is 6.54 Å². The summed E-state index contributed by atoms with van der Waals surface area (Å²) in [6.45, 7) is 3.16. The van der Waals surface area contributed by atoms with E-state index in [-0.39, 0.29) is 6.04 Å². The number of nitrogens with zero attached hydrogens (tertiary/aromatic N) is 3. The van der Waals surface area contributed by atoms with Crippen LogP contribution in [0.3, 0.4) is 0 Å². The summed E-state index contributed by atoms with van der Waals surface area (Å²) in [5.41, 5.74) is 3.06. The van der Waals surface area contributed by atoms with Crippen LogP contribution in [-0.2, 0) is 7.05 Å². The number of thiazole rings is 1. The Kier molecular flexibility index (Phi) is 3.69. The molecule has 0 saturated heterocycles. The minimum atomic E-state index is 0.223. The van der Waals surface area contributed by atoms with Gasteiger partial charge in [-0.2, -0.15) is 5.10 Å². The minimum absolute atomic E-state index is 0.223. The number of aryl methyl sites for hydroxylation is 1. The summed E-state index contributed by atoms with van der Waals surface area (Å²) in [6.07, 6.45) is 7.00. The molecule has 0 spiro atoms. The second-order valence-electron chi connectivity index (χ2n) is 3.74. The van der Waals surface area contributed by atoms with E-state index >= 15 is 0 Å². The van der Waals surface area contributed by atoms with Gasteiger partial charge in [0.15, 0.2) is 0 Å². The van der Waals surface area contributed by atoms with Gasteiger partial charge in [0.25, 0.3) is 0 Å². The zero-order valence-electron chi connectivity index (χ0n) is 9.55. The third kappa shape index (κ3) is 2.48. The van der Waals surface area contributed by atoms with E-state index in [2.05, 4.69) is 22.3 Å². The number of hydrogen-bond acceptors (Lipinski definition) is 4. The van der Waals surface area contributed by atoms with Gasteiger partial charge in [0.2, 0.25) is 0 Å². The van der Waals surface area contributed by atoms with Crippen LogP contribution in [-0.4, -0.2) is 21.3 Å². The highest BCUT2D eigenvalue weighted by molar-refractivity contribution is 7.09. The third-order valence-corrected chi connectivity index (χ3v) is 3.23. The summed E-state index contributed by atoms with van der Waals surface area (Å²) < 4.78 is 1.83. The van der Waals surface area contributed by atoms with Crippen LogP contribution < -0.4 is 5.32 Å². The van der Waals surface area contributed by atoms with Crippen molar-refractivity contribution in [2.24, 2.45) is 7.05 Å². The normalized spacial score (nSPS) is 12.9. The smallest absolute Gasteiger partial charge is 0.0794 e. The molecule has 0 amide bonds. The molecule has 0 saturated carbocycles. The average Bonchev–Trinajstić information content (AvgIpc) is 2.91. The van der Waals surface area contributed by atoms with E-state index in [1.807, 2.05) is 35.8 Å². The summed E-state index contributed by atoms with van der Waals surface area (Å²) in [5.74, 6) is 0. The molecular weight excluding hydrogens is 220 g/mol. The highest BCUT2D eigenvalue weighted by Crippen LogP contribution is 2.24. The van der Waals surface area contributed by atoms with Crippen LogP contribution >= 0.6 is 11.3 Å². The fourth-order valence-corrected chi connectivity index (χ4v) is 2.35. The van der Waals surface area contributed by atoms with E-state index in [1.54, 1.807) is 11.3 Å². The molecule has 5 heteroatoms. The maximum atomic E-state index is 4.22. The zero-order valence-corrected chi connectivity index (χ0v) is 10.4. The van der Waals surface area contributed by atoms with E-state index in [1.165, 1.54) is 10.4 Å². The van der Waals surface area contributed by atoms with E-state index < -0.39 is 0 Å². The van der Waals surface area contributed by atoms with Crippen LogP contribution in [0.5, 0.6) is 0 Å². The lowest BCUT2D eigenvalue weighted by molar-refractivity contribution is 0.604. The van der Waals surface area contributed by atoms with Gasteiger partial charge in [0.1, 0.15) is 0 Å². The van der Waals surface area contributed by atoms with Crippen molar-refractivity contribution < 1.29 is 0 Å². The second kappa shape index (κ2) is 5.23. The highest BCUT2D eigenvalue weighted by Gasteiger charge is 2.16. The predicted octanol–water partition coefficient (Wildman–Crippen LogP) is 1.97. The molecule has 1 N–H and O–H groups in total. The van der Waals surface area contributed by atoms with Crippen molar-refractivity contribution in [3.8, 4) is 0 Å². The molecule has 86 valence electrons. The Morgan fingerprint density at radius 2 is 2.38 bits per heavy atom. The Morgan fingerprint density at radius 1 is 1.50 bits per heavy atom. The monoisotopic (exact) mass is 236 g/mol. The van der Waals surface area contributed by atoms with Gasteiger partial charge >= 0.3 is 0 Å². The van der Waals surface area contributed by atoms with Crippen LogP contribution in [0.4, 0.5) is 0 Å². The molecule has 0 bridgehead atoms. The number of aromatic nitrogens is 3. The molecule has 0 aliphatic rings. The van der Waals surface area contributed by atoms with Gasteiger partial charge in [-0.15, -0.1) is 11.3 Å². The summed E-state index contributed by atoms with van der Waals surface area (Å²) in [6, 6.07) is 0.223. The van der Waals surface area contributed by atoms with Crippen molar-refractivity contribution >= 4 is 11.3 Å². The Balaban J connectivity index is 2.21. The number of nitrogens with one attached hydrogen (secondary N) is 1. The van der Waals surface area contributed by atoms with Gasteiger partial charge in [-0.3, -0.25) is 9.67 Å². The maximum absolute atomic E-state index is 4.22. The van der Waals surface area contributed by atoms with Crippen molar-refractivity contribution in [1.29, 1.82) is 0 Å². The Labute approximate surface area is 99.3 Å². The van der Waals surface area contributed by atoms with Crippen LogP contribution in [0.1, 0.15) is 29.8 Å². The van der Waals surface area contributed by atoms with Crippen molar-refractivity contribution in [3.63, 3.8) is 0 Å². The minimum Gasteiger partial charge on any atom is -0.305 e. The predicted molar refractivity (Wildman–Crippen MR) is 65.5 cm³/mol. The molecule has 0 aliphatic carbocycles. The molecule has 0 radical (unpaired) electrons. The SMILES string of the molecule is CCCNC(c1cnn(C)c1)c1cncs1. The van der Waals surface area contributed by atoms with E-state index in [9.17, 15) is 0 Å². The Morgan fingerprint density at radius 3 is 2.94 bits per heavy atom. The average molecular weight is 236 g/mol. The third-order valence-electron chi connectivity index (χ3n) is 2.39. The lowest BCUT2D eigenvalue weighted by atomic mass is 10.1. The van der Waals surface area contributed by atoms with Crippen LogP contribution in [0.15, 0.2) is 24.1 Å². The summed E-state index contributed by atoms with van der Waals surface area (Å²) in [5, 5.41) is 7.73. The topological polar surface area (TPSA) is 42.7 Å². The first-order chi connectivity index (χ1) is 7.81. The van der Waals surface area contributed by atoms with E-state index in [0.29, 0.717) is 0 Å². The van der Waals surface area contributed by atoms with Crippen molar-refractivity contribution in [1.82, 2.24) is 20.1 Å². The molecule has 1 atom stereocenters. The van der Waals surface area contributed by atoms with Crippen molar-refractivity contribution in [3.05, 3.63) is 34.5 Å². The summed E-state index contributed by atoms with van der Waals surface area (Å²) in [4.78, 5) is 5.37. The first-order valence-electron chi connectivity index (χ1n) is 5.41.